The van der Waals surface area contributed by atoms with Gasteiger partial charge in [0.25, 0.3) is 15.6 Å². The third-order valence-electron chi connectivity index (χ3n) is 2.49. The minimum absolute atomic E-state index is 0.00198. The third kappa shape index (κ3) is 4.03. The predicted octanol–water partition coefficient (Wildman–Crippen LogP) is 1.41. The smallest absolute Gasteiger partial charge is 0.273 e. The van der Waals surface area contributed by atoms with Crippen molar-refractivity contribution in [2.24, 2.45) is 0 Å². The number of halogens is 1. The van der Waals surface area contributed by atoms with Crippen LogP contribution in [0.5, 0.6) is 0 Å². The number of nitrogens with one attached hydrogen (secondary N) is 1. The van der Waals surface area contributed by atoms with Crippen LogP contribution in [0.15, 0.2) is 33.5 Å². The summed E-state index contributed by atoms with van der Waals surface area (Å²) in [6.45, 7) is 0.678. The quantitative estimate of drug-likeness (QED) is 0.851. The van der Waals surface area contributed by atoms with Gasteiger partial charge in [0, 0.05) is 25.9 Å². The lowest BCUT2D eigenvalue weighted by Gasteiger charge is -2.09. The first kappa shape index (κ1) is 16.0. The van der Waals surface area contributed by atoms with Crippen LogP contribution < -0.4 is 10.3 Å². The minimum atomic E-state index is -3.77. The van der Waals surface area contributed by atoms with Crippen molar-refractivity contribution in [2.45, 2.75) is 10.8 Å². The van der Waals surface area contributed by atoms with Crippen LogP contribution in [0.2, 0.25) is 4.47 Å². The summed E-state index contributed by atoms with van der Waals surface area (Å²) < 4.78 is 33.0. The van der Waals surface area contributed by atoms with E-state index >= 15 is 0 Å². The van der Waals surface area contributed by atoms with Gasteiger partial charge in [-0.05, 0) is 6.07 Å². The van der Waals surface area contributed by atoms with Crippen LogP contribution in [-0.2, 0) is 21.3 Å². The van der Waals surface area contributed by atoms with E-state index in [1.54, 1.807) is 0 Å². The second-order valence-corrected chi connectivity index (χ2v) is 7.50. The van der Waals surface area contributed by atoms with E-state index < -0.39 is 10.0 Å². The number of anilines is 1. The van der Waals surface area contributed by atoms with Crippen LogP contribution in [0, 0.1) is 0 Å². The number of thiazole rings is 1. The summed E-state index contributed by atoms with van der Waals surface area (Å²) in [5.74, 6) is 0. The fourth-order valence-corrected chi connectivity index (χ4v) is 3.86. The molecule has 0 aliphatic rings. The Morgan fingerprint density at radius 2 is 2.24 bits per heavy atom. The van der Waals surface area contributed by atoms with Crippen molar-refractivity contribution in [3.63, 3.8) is 0 Å². The molecule has 0 spiro atoms. The van der Waals surface area contributed by atoms with Crippen LogP contribution in [-0.4, -0.2) is 31.7 Å². The van der Waals surface area contributed by atoms with Crippen molar-refractivity contribution >= 4 is 38.6 Å². The van der Waals surface area contributed by atoms with E-state index in [2.05, 4.69) is 9.71 Å². The molecule has 2 heterocycles. The Kier molecular flexibility index (Phi) is 4.99. The number of ether oxygens (including phenoxy) is 1. The third-order valence-corrected chi connectivity index (χ3v) is 5.45. The molecule has 0 unspecified atom stereocenters. The lowest BCUT2D eigenvalue weighted by atomic mass is 10.4. The first-order chi connectivity index (χ1) is 9.92. The Balaban J connectivity index is 2.25. The molecule has 2 aromatic rings. The molecule has 7 nitrogen and oxygen atoms in total. The van der Waals surface area contributed by atoms with E-state index in [1.807, 2.05) is 0 Å². The SMILES string of the molecule is COCCn1cc(NS(=O)(=O)c2cnc(Cl)s2)ccc1=O. The topological polar surface area (TPSA) is 90.3 Å². The zero-order chi connectivity index (χ0) is 15.5. The predicted molar refractivity (Wildman–Crippen MR) is 80.5 cm³/mol. The zero-order valence-electron chi connectivity index (χ0n) is 10.9. The number of rotatable bonds is 6. The van der Waals surface area contributed by atoms with Crippen LogP contribution in [0.4, 0.5) is 5.69 Å². The molecule has 2 rings (SSSR count). The van der Waals surface area contributed by atoms with Crippen LogP contribution >= 0.6 is 22.9 Å². The second kappa shape index (κ2) is 6.56. The van der Waals surface area contributed by atoms with E-state index in [4.69, 9.17) is 16.3 Å². The van der Waals surface area contributed by atoms with Crippen molar-refractivity contribution < 1.29 is 13.2 Å². The molecule has 114 valence electrons. The standard InChI is InChI=1S/C11H12ClN3O4S2/c1-19-5-4-15-7-8(2-3-9(15)16)14-21(17,18)10-6-13-11(12)20-10/h2-3,6-7,14H,4-5H2,1H3. The van der Waals surface area contributed by atoms with Gasteiger partial charge in [0.05, 0.1) is 18.5 Å². The molecule has 0 aromatic carbocycles. The van der Waals surface area contributed by atoms with Gasteiger partial charge < -0.3 is 9.30 Å². The molecular formula is C11H12ClN3O4S2. The number of aromatic nitrogens is 2. The highest BCUT2D eigenvalue weighted by Gasteiger charge is 2.18. The molecule has 0 saturated heterocycles. The van der Waals surface area contributed by atoms with Gasteiger partial charge in [-0.25, -0.2) is 13.4 Å². The summed E-state index contributed by atoms with van der Waals surface area (Å²) in [5.41, 5.74) is 0.0334. The number of hydrogen-bond donors (Lipinski definition) is 1. The highest BCUT2D eigenvalue weighted by Crippen LogP contribution is 2.24. The Hall–Kier alpha value is -1.42. The van der Waals surface area contributed by atoms with Gasteiger partial charge in [-0.2, -0.15) is 0 Å². The summed E-state index contributed by atoms with van der Waals surface area (Å²) in [7, 11) is -2.25. The maximum atomic E-state index is 12.1. The summed E-state index contributed by atoms with van der Waals surface area (Å²) >= 11 is 6.48. The van der Waals surface area contributed by atoms with Crippen molar-refractivity contribution in [3.05, 3.63) is 39.3 Å². The summed E-state index contributed by atoms with van der Waals surface area (Å²) in [6.07, 6.45) is 2.60. The van der Waals surface area contributed by atoms with Gasteiger partial charge in [0.2, 0.25) is 0 Å². The lowest BCUT2D eigenvalue weighted by molar-refractivity contribution is 0.186. The largest absolute Gasteiger partial charge is 0.383 e. The van der Waals surface area contributed by atoms with Gasteiger partial charge in [-0.3, -0.25) is 9.52 Å². The zero-order valence-corrected chi connectivity index (χ0v) is 13.3. The van der Waals surface area contributed by atoms with E-state index in [-0.39, 0.29) is 19.9 Å². The molecule has 1 N–H and O–H groups in total. The number of methoxy groups -OCH3 is 1. The van der Waals surface area contributed by atoms with Gasteiger partial charge in [-0.1, -0.05) is 22.9 Å². The van der Waals surface area contributed by atoms with E-state index in [1.165, 1.54) is 36.2 Å². The minimum Gasteiger partial charge on any atom is -0.383 e. The maximum absolute atomic E-state index is 12.1. The molecule has 0 amide bonds. The Morgan fingerprint density at radius 3 is 2.86 bits per heavy atom. The Bertz CT molecular complexity index is 785. The molecule has 2 aromatic heterocycles. The van der Waals surface area contributed by atoms with Crippen LogP contribution in [0.25, 0.3) is 0 Å². The molecule has 0 saturated carbocycles. The van der Waals surface area contributed by atoms with Crippen LogP contribution in [0.3, 0.4) is 0 Å². The molecule has 0 fully saturated rings. The number of pyridine rings is 1. The van der Waals surface area contributed by atoms with Crippen molar-refractivity contribution in [2.75, 3.05) is 18.4 Å². The first-order valence-electron chi connectivity index (χ1n) is 5.76. The highest BCUT2D eigenvalue weighted by atomic mass is 35.5. The molecule has 0 aliphatic carbocycles. The molecular weight excluding hydrogens is 338 g/mol. The van der Waals surface area contributed by atoms with E-state index in [9.17, 15) is 13.2 Å². The summed E-state index contributed by atoms with van der Waals surface area (Å²) in [4.78, 5) is 15.3. The molecule has 0 radical (unpaired) electrons. The number of nitrogens with zero attached hydrogens (tertiary/aromatic N) is 2. The fourth-order valence-electron chi connectivity index (χ4n) is 1.52. The Morgan fingerprint density at radius 1 is 1.48 bits per heavy atom. The average Bonchev–Trinajstić information content (AvgIpc) is 2.86. The summed E-state index contributed by atoms with van der Waals surface area (Å²) in [5, 5.41) is 0. The number of hydrogen-bond acceptors (Lipinski definition) is 6. The van der Waals surface area contributed by atoms with Gasteiger partial charge in [0.15, 0.2) is 8.68 Å². The lowest BCUT2D eigenvalue weighted by Crippen LogP contribution is -2.22. The van der Waals surface area contributed by atoms with Gasteiger partial charge in [-0.15, -0.1) is 0 Å². The molecule has 0 aliphatic heterocycles. The van der Waals surface area contributed by atoms with E-state index in [0.29, 0.717) is 13.2 Å². The molecule has 21 heavy (non-hydrogen) atoms. The van der Waals surface area contributed by atoms with Gasteiger partial charge >= 0.3 is 0 Å². The number of sulfonamides is 1. The second-order valence-electron chi connectivity index (χ2n) is 3.98. The average molecular weight is 350 g/mol. The molecule has 0 bridgehead atoms. The molecule has 10 heteroatoms. The normalized spacial score (nSPS) is 11.5. The Labute approximate surface area is 130 Å². The van der Waals surface area contributed by atoms with Crippen LogP contribution in [0.1, 0.15) is 0 Å². The monoisotopic (exact) mass is 349 g/mol. The highest BCUT2D eigenvalue weighted by molar-refractivity contribution is 7.94. The van der Waals surface area contributed by atoms with Crippen molar-refractivity contribution in [3.8, 4) is 0 Å². The van der Waals surface area contributed by atoms with Crippen molar-refractivity contribution in [1.29, 1.82) is 0 Å². The van der Waals surface area contributed by atoms with Crippen molar-refractivity contribution in [1.82, 2.24) is 9.55 Å². The molecule has 0 atom stereocenters. The maximum Gasteiger partial charge on any atom is 0.273 e. The fraction of sp³-hybridized carbons (Fsp3) is 0.273. The first-order valence-corrected chi connectivity index (χ1v) is 8.44. The van der Waals surface area contributed by atoms with E-state index in [0.717, 1.165) is 11.3 Å². The van der Waals surface area contributed by atoms with Gasteiger partial charge in [0.1, 0.15) is 0 Å². The summed E-state index contributed by atoms with van der Waals surface area (Å²) in [6, 6.07) is 2.68.